The van der Waals surface area contributed by atoms with E-state index in [-0.39, 0.29) is 5.91 Å². The number of nitrogens with two attached hydrogens (primary N) is 1. The molecule has 0 unspecified atom stereocenters. The summed E-state index contributed by atoms with van der Waals surface area (Å²) in [6.45, 7) is 0. The molecule has 0 atom stereocenters. The molecule has 274 valence electrons. The lowest BCUT2D eigenvalue weighted by Crippen LogP contribution is -2.09. The van der Waals surface area contributed by atoms with Crippen LogP contribution >= 0.6 is 0 Å². The van der Waals surface area contributed by atoms with Crippen molar-refractivity contribution in [3.05, 3.63) is 0 Å². The molecule has 0 radical (unpaired) electrons. The smallest absolute Gasteiger partial charge is 0.303 e. The van der Waals surface area contributed by atoms with Gasteiger partial charge in [0.1, 0.15) is 0 Å². The van der Waals surface area contributed by atoms with Crippen molar-refractivity contribution in [3.63, 3.8) is 0 Å². The average molecular weight is 650 g/mol. The average Bonchev–Trinajstić information content (AvgIpc) is 3.03. The first-order valence-electron chi connectivity index (χ1n) is 21.1. The number of carboxylic acids is 1. The zero-order valence-electron chi connectivity index (χ0n) is 31.1. The summed E-state index contributed by atoms with van der Waals surface area (Å²) < 4.78 is 0. The maximum Gasteiger partial charge on any atom is 0.303 e. The van der Waals surface area contributed by atoms with E-state index >= 15 is 0 Å². The molecule has 0 aromatic heterocycles. The molecule has 0 saturated carbocycles. The Morgan fingerprint density at radius 3 is 0.522 bits per heavy atom. The van der Waals surface area contributed by atoms with E-state index in [1.54, 1.807) is 0 Å². The molecule has 0 aliphatic heterocycles. The van der Waals surface area contributed by atoms with E-state index in [4.69, 9.17) is 10.8 Å². The number of hydrogen-bond acceptors (Lipinski definition) is 2. The number of carbonyl (C=O) groups excluding carboxylic acids is 1. The highest BCUT2D eigenvalue weighted by atomic mass is 16.4. The molecule has 0 aliphatic rings. The third-order valence-corrected chi connectivity index (χ3v) is 10.1. The van der Waals surface area contributed by atoms with Gasteiger partial charge in [-0.15, -0.1) is 0 Å². The Labute approximate surface area is 288 Å². The van der Waals surface area contributed by atoms with Gasteiger partial charge >= 0.3 is 5.97 Å². The molecule has 0 aromatic rings. The summed E-state index contributed by atoms with van der Waals surface area (Å²) in [5.41, 5.74) is 5.18. The van der Waals surface area contributed by atoms with Crippen molar-refractivity contribution in [2.75, 3.05) is 0 Å². The standard InChI is InChI=1S/C42H83NO3/c43-41(44)39-37-35-33-31-29-27-25-23-21-19-17-15-13-11-9-7-5-3-1-2-4-6-8-10-12-14-16-18-20-22-24-26-28-30-32-34-36-38-40-42(45)46/h1-40H2,(H2,43,44)(H,45,46). The molecule has 1 amide bonds. The quantitative estimate of drug-likeness (QED) is 0.0647. The summed E-state index contributed by atoms with van der Waals surface area (Å²) in [4.78, 5) is 21.2. The molecule has 0 bridgehead atoms. The maximum atomic E-state index is 10.7. The van der Waals surface area contributed by atoms with Gasteiger partial charge < -0.3 is 10.8 Å². The Hall–Kier alpha value is -1.06. The van der Waals surface area contributed by atoms with Crippen LogP contribution in [-0.4, -0.2) is 17.0 Å². The Bertz CT molecular complexity index is 556. The number of amides is 1. The normalized spacial score (nSPS) is 11.4. The fourth-order valence-corrected chi connectivity index (χ4v) is 6.94. The number of rotatable bonds is 41. The lowest BCUT2D eigenvalue weighted by atomic mass is 10.0. The molecule has 0 rings (SSSR count). The lowest BCUT2D eigenvalue weighted by molar-refractivity contribution is -0.137. The van der Waals surface area contributed by atoms with Crippen LogP contribution in [0.5, 0.6) is 0 Å². The van der Waals surface area contributed by atoms with Crippen LogP contribution in [0.2, 0.25) is 0 Å². The summed E-state index contributed by atoms with van der Waals surface area (Å²) in [7, 11) is 0. The topological polar surface area (TPSA) is 80.4 Å². The molecule has 0 aliphatic carbocycles. The Balaban J connectivity index is 3.05. The zero-order valence-corrected chi connectivity index (χ0v) is 31.1. The Kier molecular flexibility index (Phi) is 39.2. The van der Waals surface area contributed by atoms with E-state index in [9.17, 15) is 9.59 Å². The summed E-state index contributed by atoms with van der Waals surface area (Å²) in [6, 6.07) is 0. The number of hydrogen-bond donors (Lipinski definition) is 2. The molecule has 4 nitrogen and oxygen atoms in total. The van der Waals surface area contributed by atoms with Gasteiger partial charge in [0.15, 0.2) is 0 Å². The van der Waals surface area contributed by atoms with Crippen LogP contribution in [0.3, 0.4) is 0 Å². The van der Waals surface area contributed by atoms with Crippen LogP contribution in [0.1, 0.15) is 257 Å². The molecule has 4 heteroatoms. The first kappa shape index (κ1) is 44.9. The van der Waals surface area contributed by atoms with Gasteiger partial charge in [-0.2, -0.15) is 0 Å². The monoisotopic (exact) mass is 650 g/mol. The minimum Gasteiger partial charge on any atom is -0.481 e. The van der Waals surface area contributed by atoms with E-state index in [0.717, 1.165) is 25.7 Å². The Morgan fingerprint density at radius 2 is 0.391 bits per heavy atom. The lowest BCUT2D eigenvalue weighted by Gasteiger charge is -2.05. The van der Waals surface area contributed by atoms with Crippen LogP contribution in [0.25, 0.3) is 0 Å². The number of aliphatic carboxylic acids is 1. The van der Waals surface area contributed by atoms with Gasteiger partial charge in [-0.3, -0.25) is 9.59 Å². The summed E-state index contributed by atoms with van der Waals surface area (Å²) in [5, 5.41) is 8.65. The minimum absolute atomic E-state index is 0.152. The van der Waals surface area contributed by atoms with Crippen molar-refractivity contribution < 1.29 is 14.7 Å². The van der Waals surface area contributed by atoms with Crippen molar-refractivity contribution in [1.82, 2.24) is 0 Å². The molecular weight excluding hydrogens is 566 g/mol. The first-order chi connectivity index (χ1) is 22.6. The van der Waals surface area contributed by atoms with Crippen LogP contribution in [-0.2, 0) is 9.59 Å². The Morgan fingerprint density at radius 1 is 0.261 bits per heavy atom. The van der Waals surface area contributed by atoms with Crippen LogP contribution in [0, 0.1) is 0 Å². The fraction of sp³-hybridized carbons (Fsp3) is 0.952. The van der Waals surface area contributed by atoms with Crippen molar-refractivity contribution in [2.24, 2.45) is 5.73 Å². The SMILES string of the molecule is NC(=O)CCCCCCCCCCCCCCCCCCCCCCCCCCCCCCCCCCCCCCCCC(=O)O. The van der Waals surface area contributed by atoms with Crippen LogP contribution in [0.15, 0.2) is 0 Å². The maximum absolute atomic E-state index is 10.7. The van der Waals surface area contributed by atoms with Crippen LogP contribution < -0.4 is 5.73 Å². The van der Waals surface area contributed by atoms with E-state index in [1.165, 1.54) is 218 Å². The molecule has 0 spiro atoms. The van der Waals surface area contributed by atoms with E-state index in [0.29, 0.717) is 12.8 Å². The van der Waals surface area contributed by atoms with Gasteiger partial charge in [-0.05, 0) is 12.8 Å². The molecule has 46 heavy (non-hydrogen) atoms. The second-order valence-corrected chi connectivity index (χ2v) is 14.8. The largest absolute Gasteiger partial charge is 0.481 e. The molecule has 0 saturated heterocycles. The number of carbonyl (C=O) groups is 2. The van der Waals surface area contributed by atoms with Gasteiger partial charge in [0, 0.05) is 12.8 Å². The van der Waals surface area contributed by atoms with Crippen molar-refractivity contribution in [3.8, 4) is 0 Å². The number of primary amides is 1. The molecule has 0 aromatic carbocycles. The highest BCUT2D eigenvalue weighted by Crippen LogP contribution is 2.17. The fourth-order valence-electron chi connectivity index (χ4n) is 6.94. The molecule has 0 heterocycles. The van der Waals surface area contributed by atoms with Gasteiger partial charge in [0.2, 0.25) is 5.91 Å². The van der Waals surface area contributed by atoms with Crippen molar-refractivity contribution in [2.45, 2.75) is 257 Å². The highest BCUT2D eigenvalue weighted by molar-refractivity contribution is 5.73. The summed E-state index contributed by atoms with van der Waals surface area (Å²) in [5.74, 6) is -0.802. The first-order valence-corrected chi connectivity index (χ1v) is 21.1. The van der Waals surface area contributed by atoms with E-state index in [1.807, 2.05) is 0 Å². The van der Waals surface area contributed by atoms with Crippen molar-refractivity contribution >= 4 is 11.9 Å². The van der Waals surface area contributed by atoms with Crippen molar-refractivity contribution in [1.29, 1.82) is 0 Å². The summed E-state index contributed by atoms with van der Waals surface area (Å²) >= 11 is 0. The van der Waals surface area contributed by atoms with E-state index < -0.39 is 5.97 Å². The molecule has 0 fully saturated rings. The second kappa shape index (κ2) is 40.1. The predicted molar refractivity (Wildman–Crippen MR) is 202 cm³/mol. The van der Waals surface area contributed by atoms with Gasteiger partial charge in [0.05, 0.1) is 0 Å². The zero-order chi connectivity index (χ0) is 33.4. The minimum atomic E-state index is -0.651. The molecular formula is C42H83NO3. The second-order valence-electron chi connectivity index (χ2n) is 14.8. The third kappa shape index (κ3) is 42.9. The highest BCUT2D eigenvalue weighted by Gasteiger charge is 1.99. The molecule has 3 N–H and O–H groups in total. The number of unbranched alkanes of at least 4 members (excludes halogenated alkanes) is 37. The summed E-state index contributed by atoms with van der Waals surface area (Å²) in [6.07, 6.45) is 53.1. The number of carboxylic acid groups (broad SMARTS) is 1. The van der Waals surface area contributed by atoms with Gasteiger partial charge in [-0.25, -0.2) is 0 Å². The van der Waals surface area contributed by atoms with Crippen LogP contribution in [0.4, 0.5) is 0 Å². The van der Waals surface area contributed by atoms with E-state index in [2.05, 4.69) is 0 Å². The third-order valence-electron chi connectivity index (χ3n) is 10.1. The van der Waals surface area contributed by atoms with Gasteiger partial charge in [-0.1, -0.05) is 231 Å². The predicted octanol–water partition coefficient (Wildman–Crippen LogP) is 14.2. The van der Waals surface area contributed by atoms with Gasteiger partial charge in [0.25, 0.3) is 0 Å².